The maximum Gasteiger partial charge on any atom is 0.0900 e. The van der Waals surface area contributed by atoms with Crippen molar-refractivity contribution in [1.82, 2.24) is 4.98 Å². The normalized spacial score (nSPS) is 12.5. The standard InChI is InChI=1S/C13H14BrClN2S/c1-7-13(18-9(3)16-7)8(2)17-10-4-5-12(15)11(14)6-10/h4-6,8,17H,1-3H3. The fourth-order valence-corrected chi connectivity index (χ4v) is 3.28. The van der Waals surface area contributed by atoms with E-state index in [4.69, 9.17) is 11.6 Å². The smallest absolute Gasteiger partial charge is 0.0900 e. The van der Waals surface area contributed by atoms with Crippen molar-refractivity contribution in [2.75, 3.05) is 5.32 Å². The molecule has 0 aliphatic carbocycles. The van der Waals surface area contributed by atoms with Crippen molar-refractivity contribution < 1.29 is 0 Å². The summed E-state index contributed by atoms with van der Waals surface area (Å²) in [5.74, 6) is 0. The van der Waals surface area contributed by atoms with E-state index in [1.54, 1.807) is 11.3 Å². The summed E-state index contributed by atoms with van der Waals surface area (Å²) in [4.78, 5) is 5.73. The van der Waals surface area contributed by atoms with Crippen LogP contribution in [0.1, 0.15) is 28.5 Å². The molecule has 2 nitrogen and oxygen atoms in total. The molecule has 18 heavy (non-hydrogen) atoms. The number of hydrogen-bond acceptors (Lipinski definition) is 3. The first-order chi connectivity index (χ1) is 8.47. The van der Waals surface area contributed by atoms with Gasteiger partial charge in [0.2, 0.25) is 0 Å². The highest BCUT2D eigenvalue weighted by Crippen LogP contribution is 2.30. The third-order valence-corrected chi connectivity index (χ3v) is 5.10. The number of nitrogens with zero attached hydrogens (tertiary/aromatic N) is 1. The Morgan fingerprint density at radius 2 is 2.11 bits per heavy atom. The van der Waals surface area contributed by atoms with Crippen LogP contribution in [-0.4, -0.2) is 4.98 Å². The summed E-state index contributed by atoms with van der Waals surface area (Å²) in [5, 5.41) is 5.29. The first kappa shape index (κ1) is 13.8. The molecule has 0 radical (unpaired) electrons. The number of anilines is 1. The van der Waals surface area contributed by atoms with Crippen molar-refractivity contribution in [3.63, 3.8) is 0 Å². The summed E-state index contributed by atoms with van der Waals surface area (Å²) in [6, 6.07) is 6.09. The topological polar surface area (TPSA) is 24.9 Å². The van der Waals surface area contributed by atoms with Crippen molar-refractivity contribution in [1.29, 1.82) is 0 Å². The van der Waals surface area contributed by atoms with E-state index in [0.717, 1.165) is 25.9 Å². The molecule has 0 saturated heterocycles. The molecule has 0 aliphatic heterocycles. The van der Waals surface area contributed by atoms with Crippen LogP contribution in [-0.2, 0) is 0 Å². The summed E-state index contributed by atoms with van der Waals surface area (Å²) < 4.78 is 0.901. The fourth-order valence-electron chi connectivity index (χ4n) is 1.85. The van der Waals surface area contributed by atoms with E-state index >= 15 is 0 Å². The second-order valence-electron chi connectivity index (χ2n) is 4.18. The van der Waals surface area contributed by atoms with Crippen LogP contribution >= 0.6 is 38.9 Å². The van der Waals surface area contributed by atoms with Gasteiger partial charge in [0.1, 0.15) is 0 Å². The summed E-state index contributed by atoms with van der Waals surface area (Å²) in [6.45, 7) is 6.23. The average Bonchev–Trinajstić information content (AvgIpc) is 2.63. The predicted molar refractivity (Wildman–Crippen MR) is 82.8 cm³/mol. The maximum atomic E-state index is 5.98. The van der Waals surface area contributed by atoms with Crippen molar-refractivity contribution >= 4 is 44.6 Å². The van der Waals surface area contributed by atoms with Crippen molar-refractivity contribution in [3.8, 4) is 0 Å². The van der Waals surface area contributed by atoms with Gasteiger partial charge in [-0.25, -0.2) is 4.98 Å². The number of hydrogen-bond donors (Lipinski definition) is 1. The highest BCUT2D eigenvalue weighted by molar-refractivity contribution is 9.10. The van der Waals surface area contributed by atoms with Gasteiger partial charge in [-0.3, -0.25) is 0 Å². The number of aryl methyl sites for hydroxylation is 2. The summed E-state index contributed by atoms with van der Waals surface area (Å²) >= 11 is 11.1. The largest absolute Gasteiger partial charge is 0.378 e. The Labute approximate surface area is 125 Å². The minimum absolute atomic E-state index is 0.240. The van der Waals surface area contributed by atoms with Crippen molar-refractivity contribution in [3.05, 3.63) is 43.3 Å². The molecular formula is C13H14BrClN2S. The first-order valence-corrected chi connectivity index (χ1v) is 7.61. The van der Waals surface area contributed by atoms with E-state index in [-0.39, 0.29) is 6.04 Å². The van der Waals surface area contributed by atoms with Gasteiger partial charge in [-0.1, -0.05) is 11.6 Å². The minimum atomic E-state index is 0.240. The highest BCUT2D eigenvalue weighted by atomic mass is 79.9. The first-order valence-electron chi connectivity index (χ1n) is 5.63. The Morgan fingerprint density at radius 3 is 2.67 bits per heavy atom. The lowest BCUT2D eigenvalue weighted by molar-refractivity contribution is 0.889. The Morgan fingerprint density at radius 1 is 1.39 bits per heavy atom. The number of benzene rings is 1. The summed E-state index contributed by atoms with van der Waals surface area (Å²) in [5.41, 5.74) is 2.15. The van der Waals surface area contributed by atoms with Crippen molar-refractivity contribution in [2.24, 2.45) is 0 Å². The molecule has 0 saturated carbocycles. The minimum Gasteiger partial charge on any atom is -0.378 e. The Balaban J connectivity index is 2.18. The van der Waals surface area contributed by atoms with Crippen LogP contribution in [0.5, 0.6) is 0 Å². The summed E-state index contributed by atoms with van der Waals surface area (Å²) in [6.07, 6.45) is 0. The molecule has 96 valence electrons. The van der Waals surface area contributed by atoms with Gasteiger partial charge in [0, 0.05) is 15.0 Å². The van der Waals surface area contributed by atoms with Crippen LogP contribution in [0.25, 0.3) is 0 Å². The lowest BCUT2D eigenvalue weighted by Crippen LogP contribution is -2.06. The van der Waals surface area contributed by atoms with Gasteiger partial charge in [-0.2, -0.15) is 0 Å². The molecule has 1 aromatic carbocycles. The molecular weight excluding hydrogens is 332 g/mol. The molecule has 0 amide bonds. The molecule has 1 heterocycles. The van der Waals surface area contributed by atoms with Crippen LogP contribution in [0.4, 0.5) is 5.69 Å². The molecule has 1 atom stereocenters. The molecule has 2 rings (SSSR count). The van der Waals surface area contributed by atoms with Gasteiger partial charge in [0.05, 0.1) is 21.8 Å². The van der Waals surface area contributed by atoms with Gasteiger partial charge in [-0.15, -0.1) is 11.3 Å². The zero-order chi connectivity index (χ0) is 13.3. The summed E-state index contributed by atoms with van der Waals surface area (Å²) in [7, 11) is 0. The number of nitrogens with one attached hydrogen (secondary N) is 1. The van der Waals surface area contributed by atoms with E-state index in [9.17, 15) is 0 Å². The van der Waals surface area contributed by atoms with Crippen LogP contribution in [0.2, 0.25) is 5.02 Å². The molecule has 0 fully saturated rings. The van der Waals surface area contributed by atoms with Crippen LogP contribution in [0.15, 0.2) is 22.7 Å². The number of thiazole rings is 1. The lowest BCUT2D eigenvalue weighted by Gasteiger charge is -2.14. The van der Waals surface area contributed by atoms with Crippen LogP contribution < -0.4 is 5.32 Å². The zero-order valence-corrected chi connectivity index (χ0v) is 13.6. The van der Waals surface area contributed by atoms with Crippen molar-refractivity contribution in [2.45, 2.75) is 26.8 Å². The quantitative estimate of drug-likeness (QED) is 0.811. The highest BCUT2D eigenvalue weighted by Gasteiger charge is 2.13. The average molecular weight is 346 g/mol. The third kappa shape index (κ3) is 3.05. The fraction of sp³-hybridized carbons (Fsp3) is 0.308. The van der Waals surface area contributed by atoms with E-state index < -0.39 is 0 Å². The van der Waals surface area contributed by atoms with Gasteiger partial charge in [-0.05, 0) is 54.9 Å². The third-order valence-electron chi connectivity index (χ3n) is 2.64. The molecule has 1 N–H and O–H groups in total. The molecule has 0 spiro atoms. The molecule has 2 aromatic rings. The molecule has 0 aliphatic rings. The second-order valence-corrected chi connectivity index (χ2v) is 6.67. The Bertz CT molecular complexity index is 568. The van der Waals surface area contributed by atoms with Crippen LogP contribution in [0, 0.1) is 13.8 Å². The molecule has 1 aromatic heterocycles. The van der Waals surface area contributed by atoms with E-state index in [2.05, 4.69) is 40.1 Å². The molecule has 1 unspecified atom stereocenters. The maximum absolute atomic E-state index is 5.98. The SMILES string of the molecule is Cc1nc(C)c(C(C)Nc2ccc(Cl)c(Br)c2)s1. The van der Waals surface area contributed by atoms with E-state index in [1.807, 2.05) is 25.1 Å². The van der Waals surface area contributed by atoms with Gasteiger partial charge >= 0.3 is 0 Å². The van der Waals surface area contributed by atoms with Gasteiger partial charge < -0.3 is 5.32 Å². The Kier molecular flexibility index (Phi) is 4.30. The van der Waals surface area contributed by atoms with E-state index in [1.165, 1.54) is 4.88 Å². The molecule has 5 heteroatoms. The lowest BCUT2D eigenvalue weighted by atomic mass is 10.2. The second kappa shape index (κ2) is 5.59. The predicted octanol–water partition coefficient (Wildman–Crippen LogP) is 5.35. The molecule has 0 bridgehead atoms. The zero-order valence-electron chi connectivity index (χ0n) is 10.4. The number of rotatable bonds is 3. The number of aromatic nitrogens is 1. The van der Waals surface area contributed by atoms with E-state index in [0.29, 0.717) is 0 Å². The van der Waals surface area contributed by atoms with Gasteiger partial charge in [0.25, 0.3) is 0 Å². The van der Waals surface area contributed by atoms with Gasteiger partial charge in [0.15, 0.2) is 0 Å². The Hall–Kier alpha value is -0.580. The monoisotopic (exact) mass is 344 g/mol. The number of halogens is 2. The van der Waals surface area contributed by atoms with Crippen LogP contribution in [0.3, 0.4) is 0 Å².